The molecule has 0 saturated carbocycles. The third-order valence-corrected chi connectivity index (χ3v) is 9.63. The zero-order valence-electron chi connectivity index (χ0n) is 31.1. The smallest absolute Gasteiger partial charge is 0.227 e. The fourth-order valence-corrected chi connectivity index (χ4v) is 6.91. The van der Waals surface area contributed by atoms with Crippen molar-refractivity contribution >= 4 is 46.9 Å². The third kappa shape index (κ3) is 12.7. The number of rotatable bonds is 21. The lowest BCUT2D eigenvalue weighted by atomic mass is 10.00. The Hall–Kier alpha value is -3.97. The normalized spacial score (nSPS) is 13.2. The van der Waals surface area contributed by atoms with Crippen LogP contribution in [0.5, 0.6) is 0 Å². The average Bonchev–Trinajstić information content (AvgIpc) is 3.09. The minimum absolute atomic E-state index is 0.0809. The number of hydrogen-bond donors (Lipinski definition) is 1. The lowest BCUT2D eigenvalue weighted by Crippen LogP contribution is -2.33. The van der Waals surface area contributed by atoms with E-state index in [-0.39, 0.29) is 17.9 Å². The SMILES string of the molecule is C=C(CCC(=O)N1Cc2ccccc2/C=C\c2ccccc21)NC(CCCCC(=O)N(CCC)C(=C)C)CCCCC(=S)N(CCC)C(=C)C. The van der Waals surface area contributed by atoms with Crippen molar-refractivity contribution in [3.63, 3.8) is 0 Å². The summed E-state index contributed by atoms with van der Waals surface area (Å²) in [5.74, 6) is 0.232. The van der Waals surface area contributed by atoms with Gasteiger partial charge in [-0.05, 0) is 88.0 Å². The largest absolute Gasteiger partial charge is 0.386 e. The Balaban J connectivity index is 1.61. The summed E-state index contributed by atoms with van der Waals surface area (Å²) >= 11 is 5.76. The lowest BCUT2D eigenvalue weighted by Gasteiger charge is -2.28. The Morgan fingerprint density at radius 3 is 2.02 bits per heavy atom. The molecule has 1 N–H and O–H groups in total. The van der Waals surface area contributed by atoms with Gasteiger partial charge in [0.15, 0.2) is 0 Å². The minimum Gasteiger partial charge on any atom is -0.386 e. The molecular weight excluding hydrogens is 637 g/mol. The van der Waals surface area contributed by atoms with Crippen LogP contribution in [0.1, 0.15) is 121 Å². The first-order chi connectivity index (χ1) is 24.0. The Morgan fingerprint density at radius 1 is 0.780 bits per heavy atom. The summed E-state index contributed by atoms with van der Waals surface area (Å²) < 4.78 is 0. The van der Waals surface area contributed by atoms with Crippen LogP contribution in [0.4, 0.5) is 5.69 Å². The monoisotopic (exact) mass is 696 g/mol. The minimum atomic E-state index is 0.0809. The molecule has 1 heterocycles. The highest BCUT2D eigenvalue weighted by Crippen LogP contribution is 2.29. The highest BCUT2D eigenvalue weighted by Gasteiger charge is 2.22. The van der Waals surface area contributed by atoms with Crippen LogP contribution in [-0.2, 0) is 16.1 Å². The van der Waals surface area contributed by atoms with Gasteiger partial charge in [0, 0.05) is 49.1 Å². The van der Waals surface area contributed by atoms with E-state index in [4.69, 9.17) is 12.2 Å². The number of carbonyl (C=O) groups excluding carboxylic acids is 2. The van der Waals surface area contributed by atoms with E-state index in [9.17, 15) is 9.59 Å². The number of unbranched alkanes of at least 4 members (excludes halogenated alkanes) is 2. The van der Waals surface area contributed by atoms with Crippen molar-refractivity contribution in [3.8, 4) is 0 Å². The van der Waals surface area contributed by atoms with Crippen molar-refractivity contribution in [1.82, 2.24) is 15.1 Å². The maximum atomic E-state index is 13.8. The summed E-state index contributed by atoms with van der Waals surface area (Å²) in [6, 6.07) is 16.6. The van der Waals surface area contributed by atoms with E-state index in [1.807, 2.05) is 54.0 Å². The molecule has 2 amide bonds. The van der Waals surface area contributed by atoms with Gasteiger partial charge in [0.05, 0.1) is 17.2 Å². The number of hydrogen-bond acceptors (Lipinski definition) is 4. The molecule has 1 atom stereocenters. The molecule has 7 heteroatoms. The van der Waals surface area contributed by atoms with E-state index >= 15 is 0 Å². The summed E-state index contributed by atoms with van der Waals surface area (Å²) in [7, 11) is 0. The molecule has 3 rings (SSSR count). The first kappa shape index (κ1) is 40.5. The van der Waals surface area contributed by atoms with Gasteiger partial charge in [0.2, 0.25) is 11.8 Å². The summed E-state index contributed by atoms with van der Waals surface area (Å²) in [6.07, 6.45) is 14.2. The van der Waals surface area contributed by atoms with E-state index in [1.54, 1.807) is 0 Å². The predicted octanol–water partition coefficient (Wildman–Crippen LogP) is 10.4. The van der Waals surface area contributed by atoms with Gasteiger partial charge in [-0.3, -0.25) is 9.59 Å². The molecule has 1 aliphatic heterocycles. The van der Waals surface area contributed by atoms with Crippen molar-refractivity contribution < 1.29 is 9.59 Å². The van der Waals surface area contributed by atoms with E-state index in [0.717, 1.165) is 109 Å². The zero-order chi connectivity index (χ0) is 36.5. The molecule has 0 aromatic heterocycles. The topological polar surface area (TPSA) is 55.9 Å². The lowest BCUT2D eigenvalue weighted by molar-refractivity contribution is -0.129. The van der Waals surface area contributed by atoms with E-state index < -0.39 is 0 Å². The summed E-state index contributed by atoms with van der Waals surface area (Å²) in [4.78, 5) is 33.6. The van der Waals surface area contributed by atoms with Gasteiger partial charge >= 0.3 is 0 Å². The molecule has 2 aromatic carbocycles. The van der Waals surface area contributed by atoms with E-state index in [1.165, 1.54) is 0 Å². The number of thiocarbonyl (C=S) groups is 1. The van der Waals surface area contributed by atoms with Crippen LogP contribution in [-0.4, -0.2) is 45.7 Å². The Bertz CT molecular complexity index is 1470. The van der Waals surface area contributed by atoms with Gasteiger partial charge in [-0.2, -0.15) is 0 Å². The molecule has 0 aliphatic carbocycles. The van der Waals surface area contributed by atoms with E-state index in [2.05, 4.69) is 74.2 Å². The average molecular weight is 697 g/mol. The fourth-order valence-electron chi connectivity index (χ4n) is 6.52. The first-order valence-electron chi connectivity index (χ1n) is 18.6. The van der Waals surface area contributed by atoms with Gasteiger partial charge in [-0.1, -0.05) is 113 Å². The van der Waals surface area contributed by atoms with Gasteiger partial charge < -0.3 is 20.0 Å². The molecule has 1 aliphatic rings. The Labute approximate surface area is 308 Å². The van der Waals surface area contributed by atoms with Gasteiger partial charge in [-0.15, -0.1) is 0 Å². The maximum absolute atomic E-state index is 13.8. The number of para-hydroxylation sites is 1. The second-order valence-electron chi connectivity index (χ2n) is 13.6. The van der Waals surface area contributed by atoms with Crippen LogP contribution in [0.2, 0.25) is 0 Å². The molecule has 50 heavy (non-hydrogen) atoms. The number of carbonyl (C=O) groups is 2. The molecule has 6 nitrogen and oxygen atoms in total. The molecule has 0 fully saturated rings. The highest BCUT2D eigenvalue weighted by atomic mass is 32.1. The van der Waals surface area contributed by atoms with Crippen molar-refractivity contribution in [2.24, 2.45) is 0 Å². The van der Waals surface area contributed by atoms with Crippen LogP contribution < -0.4 is 10.2 Å². The number of benzene rings is 2. The summed E-state index contributed by atoms with van der Waals surface area (Å²) in [5.41, 5.74) is 6.91. The summed E-state index contributed by atoms with van der Waals surface area (Å²) in [6.45, 7) is 22.8. The highest BCUT2D eigenvalue weighted by molar-refractivity contribution is 7.80. The first-order valence-corrected chi connectivity index (χ1v) is 19.0. The van der Waals surface area contributed by atoms with Crippen LogP contribution in [0.3, 0.4) is 0 Å². The molecule has 0 radical (unpaired) electrons. The molecule has 2 aromatic rings. The molecule has 0 spiro atoms. The van der Waals surface area contributed by atoms with E-state index in [0.29, 0.717) is 32.4 Å². The molecule has 0 saturated heterocycles. The van der Waals surface area contributed by atoms with Crippen molar-refractivity contribution in [3.05, 3.63) is 102 Å². The maximum Gasteiger partial charge on any atom is 0.227 e. The Kier molecular flexibility index (Phi) is 17.2. The zero-order valence-corrected chi connectivity index (χ0v) is 32.0. The number of nitrogens with one attached hydrogen (secondary N) is 1. The van der Waals surface area contributed by atoms with Crippen LogP contribution >= 0.6 is 12.2 Å². The van der Waals surface area contributed by atoms with Crippen molar-refractivity contribution in [2.45, 2.75) is 117 Å². The third-order valence-electron chi connectivity index (χ3n) is 9.21. The van der Waals surface area contributed by atoms with Crippen LogP contribution in [0.15, 0.2) is 85.4 Å². The van der Waals surface area contributed by atoms with Crippen molar-refractivity contribution in [1.29, 1.82) is 0 Å². The fraction of sp³-hybridized carbons (Fsp3) is 0.465. The van der Waals surface area contributed by atoms with Gasteiger partial charge in [0.1, 0.15) is 0 Å². The number of nitrogens with zero attached hydrogens (tertiary/aromatic N) is 3. The van der Waals surface area contributed by atoms with Gasteiger partial charge in [0.25, 0.3) is 0 Å². The molecule has 0 bridgehead atoms. The summed E-state index contributed by atoms with van der Waals surface area (Å²) in [5, 5.41) is 3.69. The number of fused-ring (bicyclic) bond motifs is 2. The number of anilines is 1. The van der Waals surface area contributed by atoms with Crippen LogP contribution in [0.25, 0.3) is 12.2 Å². The second kappa shape index (κ2) is 21.3. The quantitative estimate of drug-likeness (QED) is 0.104. The number of allylic oxidation sites excluding steroid dienone is 3. The number of amides is 2. The molecule has 1 unspecified atom stereocenters. The molecular formula is C43H60N4O2S. The molecule has 270 valence electrons. The second-order valence-corrected chi connectivity index (χ2v) is 14.0. The predicted molar refractivity (Wildman–Crippen MR) is 216 cm³/mol. The van der Waals surface area contributed by atoms with Crippen LogP contribution in [0, 0.1) is 0 Å². The van der Waals surface area contributed by atoms with Gasteiger partial charge in [-0.25, -0.2) is 0 Å². The van der Waals surface area contributed by atoms with Crippen molar-refractivity contribution in [2.75, 3.05) is 18.0 Å². The standard InChI is InChI=1S/C43H60N4O2S/c1-8-30-45(33(3)4)41(48)24-16-13-21-39(22-14-17-25-43(50)46(31-9-2)34(5)6)44-35(7)26-29-42(49)47-32-38-20-11-10-18-36(38)27-28-37-19-12-15-23-40(37)47/h10-12,15,18-20,23,27-28,39,44H,3,5,7-9,13-14,16-17,21-22,24-26,29-32H2,1-2,4,6H3/b28-27-. The Morgan fingerprint density at radius 2 is 1.36 bits per heavy atom.